The third-order valence-electron chi connectivity index (χ3n) is 1.34. The van der Waals surface area contributed by atoms with Crippen molar-refractivity contribution in [1.82, 2.24) is 0 Å². The first-order valence-corrected chi connectivity index (χ1v) is 4.65. The quantitative estimate of drug-likeness (QED) is 0.717. The average molecular weight is 272 g/mol. The minimum atomic E-state index is -4.43. The van der Waals surface area contributed by atoms with Gasteiger partial charge in [0.1, 0.15) is 0 Å². The summed E-state index contributed by atoms with van der Waals surface area (Å²) in [5, 5.41) is 0. The SMILES string of the molecule is O=[S+]c1ccc(Br)c(C(F)(F)F)c1. The largest absolute Gasteiger partial charge is 0.505 e. The summed E-state index contributed by atoms with van der Waals surface area (Å²) in [6, 6.07) is 3.36. The molecule has 0 N–H and O–H groups in total. The zero-order valence-corrected chi connectivity index (χ0v) is 8.46. The van der Waals surface area contributed by atoms with E-state index in [4.69, 9.17) is 0 Å². The van der Waals surface area contributed by atoms with Gasteiger partial charge in [0.05, 0.1) is 5.56 Å². The van der Waals surface area contributed by atoms with Crippen LogP contribution in [0.5, 0.6) is 0 Å². The van der Waals surface area contributed by atoms with Crippen LogP contribution in [0, 0.1) is 0 Å². The Morgan fingerprint density at radius 2 is 1.92 bits per heavy atom. The molecule has 0 amide bonds. The van der Waals surface area contributed by atoms with Crippen LogP contribution in [-0.4, -0.2) is 0 Å². The van der Waals surface area contributed by atoms with Crippen LogP contribution >= 0.6 is 15.9 Å². The van der Waals surface area contributed by atoms with Crippen molar-refractivity contribution in [1.29, 1.82) is 0 Å². The molecule has 1 nitrogen and oxygen atoms in total. The molecule has 13 heavy (non-hydrogen) atoms. The highest BCUT2D eigenvalue weighted by Gasteiger charge is 2.34. The molecule has 0 radical (unpaired) electrons. The second-order valence-electron chi connectivity index (χ2n) is 2.22. The molecular weight excluding hydrogens is 269 g/mol. The Balaban J connectivity index is 3.27. The molecule has 0 aliphatic carbocycles. The lowest BCUT2D eigenvalue weighted by molar-refractivity contribution is -0.138. The molecule has 0 saturated heterocycles. The Kier molecular flexibility index (Phi) is 3.02. The fraction of sp³-hybridized carbons (Fsp3) is 0.143. The first kappa shape index (κ1) is 10.6. The molecule has 0 fully saturated rings. The van der Waals surface area contributed by atoms with Crippen molar-refractivity contribution in [3.05, 3.63) is 28.2 Å². The minimum absolute atomic E-state index is 0.0369. The van der Waals surface area contributed by atoms with Gasteiger partial charge in [0, 0.05) is 20.8 Å². The van der Waals surface area contributed by atoms with Gasteiger partial charge < -0.3 is 0 Å². The molecule has 0 atom stereocenters. The normalized spacial score (nSPS) is 11.4. The van der Waals surface area contributed by atoms with Gasteiger partial charge in [0.15, 0.2) is 0 Å². The number of halogens is 4. The number of hydrogen-bond donors (Lipinski definition) is 0. The number of rotatable bonds is 1. The molecule has 1 rings (SSSR count). The van der Waals surface area contributed by atoms with Crippen molar-refractivity contribution in [3.63, 3.8) is 0 Å². The second-order valence-corrected chi connectivity index (χ2v) is 3.72. The molecule has 0 bridgehead atoms. The van der Waals surface area contributed by atoms with Gasteiger partial charge >= 0.3 is 17.8 Å². The van der Waals surface area contributed by atoms with Crippen molar-refractivity contribution < 1.29 is 17.4 Å². The standard InChI is InChI=1S/C7H3BrF3OS/c8-6-2-1-4(13-12)3-5(6)7(9,10)11/h1-3H/q+1. The van der Waals surface area contributed by atoms with E-state index in [1.807, 2.05) is 0 Å². The fourth-order valence-corrected chi connectivity index (χ4v) is 1.53. The van der Waals surface area contributed by atoms with Crippen LogP contribution in [-0.2, 0) is 22.1 Å². The van der Waals surface area contributed by atoms with Crippen LogP contribution in [0.25, 0.3) is 0 Å². The highest BCUT2D eigenvalue weighted by molar-refractivity contribution is 9.10. The van der Waals surface area contributed by atoms with E-state index in [-0.39, 0.29) is 21.0 Å². The van der Waals surface area contributed by atoms with E-state index in [1.165, 1.54) is 12.1 Å². The predicted molar refractivity (Wildman–Crippen MR) is 45.5 cm³/mol. The molecule has 1 aromatic rings. The molecule has 0 unspecified atom stereocenters. The monoisotopic (exact) mass is 271 g/mol. The Labute approximate surface area is 84.6 Å². The lowest BCUT2D eigenvalue weighted by Gasteiger charge is -2.06. The Bertz CT molecular complexity index is 337. The van der Waals surface area contributed by atoms with Gasteiger partial charge in [-0.3, -0.25) is 0 Å². The van der Waals surface area contributed by atoms with E-state index in [9.17, 15) is 17.4 Å². The van der Waals surface area contributed by atoms with Gasteiger partial charge in [-0.25, -0.2) is 0 Å². The van der Waals surface area contributed by atoms with Gasteiger partial charge in [-0.15, -0.1) is 0 Å². The molecular formula is C7H3BrF3OS+. The summed E-state index contributed by atoms with van der Waals surface area (Å²) in [5.41, 5.74) is -0.826. The molecule has 0 spiro atoms. The summed E-state index contributed by atoms with van der Waals surface area (Å²) in [4.78, 5) is 0.0514. The molecule has 0 heterocycles. The summed E-state index contributed by atoms with van der Waals surface area (Å²) >= 11 is 2.80. The maximum atomic E-state index is 12.2. The molecule has 0 saturated carbocycles. The Morgan fingerprint density at radius 1 is 1.31 bits per heavy atom. The zero-order valence-electron chi connectivity index (χ0n) is 6.06. The van der Waals surface area contributed by atoms with E-state index in [0.29, 0.717) is 0 Å². The third-order valence-corrected chi connectivity index (χ3v) is 2.48. The predicted octanol–water partition coefficient (Wildman–Crippen LogP) is 3.25. The van der Waals surface area contributed by atoms with Crippen LogP contribution in [0.1, 0.15) is 5.56 Å². The van der Waals surface area contributed by atoms with E-state index in [1.54, 1.807) is 0 Å². The molecule has 0 aliphatic heterocycles. The van der Waals surface area contributed by atoms with Gasteiger partial charge in [0.2, 0.25) is 0 Å². The van der Waals surface area contributed by atoms with Gasteiger partial charge in [-0.05, 0) is 6.07 Å². The number of benzene rings is 1. The zero-order chi connectivity index (χ0) is 10.1. The van der Waals surface area contributed by atoms with E-state index >= 15 is 0 Å². The van der Waals surface area contributed by atoms with Crippen LogP contribution < -0.4 is 0 Å². The molecule has 1 aromatic carbocycles. The summed E-state index contributed by atoms with van der Waals surface area (Å²) in [5.74, 6) is 0. The second kappa shape index (κ2) is 3.71. The van der Waals surface area contributed by atoms with Crippen molar-refractivity contribution >= 4 is 27.6 Å². The Hall–Kier alpha value is -0.490. The van der Waals surface area contributed by atoms with Gasteiger partial charge in [0.25, 0.3) is 4.90 Å². The topological polar surface area (TPSA) is 17.1 Å². The van der Waals surface area contributed by atoms with Crippen molar-refractivity contribution in [2.45, 2.75) is 11.1 Å². The van der Waals surface area contributed by atoms with Crippen LogP contribution in [0.15, 0.2) is 27.6 Å². The van der Waals surface area contributed by atoms with Gasteiger partial charge in [-0.2, -0.15) is 13.2 Å². The average Bonchev–Trinajstić information content (AvgIpc) is 2.03. The van der Waals surface area contributed by atoms with Crippen LogP contribution in [0.4, 0.5) is 13.2 Å². The van der Waals surface area contributed by atoms with Crippen molar-refractivity contribution in [3.8, 4) is 0 Å². The van der Waals surface area contributed by atoms with E-state index < -0.39 is 11.7 Å². The molecule has 0 aliphatic rings. The summed E-state index contributed by atoms with van der Waals surface area (Å²) in [7, 11) is 0. The maximum absolute atomic E-state index is 12.2. The van der Waals surface area contributed by atoms with E-state index in [2.05, 4.69) is 15.9 Å². The summed E-state index contributed by atoms with van der Waals surface area (Å²) in [6.07, 6.45) is -4.43. The first-order valence-electron chi connectivity index (χ1n) is 3.11. The third kappa shape index (κ3) is 2.47. The lowest BCUT2D eigenvalue weighted by Crippen LogP contribution is -2.06. The van der Waals surface area contributed by atoms with Gasteiger partial charge in [-0.1, -0.05) is 15.9 Å². The highest BCUT2D eigenvalue weighted by atomic mass is 79.9. The molecule has 70 valence electrons. The molecule has 6 heteroatoms. The summed E-state index contributed by atoms with van der Waals surface area (Å²) < 4.78 is 46.9. The van der Waals surface area contributed by atoms with Crippen molar-refractivity contribution in [2.75, 3.05) is 0 Å². The minimum Gasteiger partial charge on any atom is -0.166 e. The maximum Gasteiger partial charge on any atom is 0.505 e. The summed E-state index contributed by atoms with van der Waals surface area (Å²) in [6.45, 7) is 0. The van der Waals surface area contributed by atoms with Crippen LogP contribution in [0.2, 0.25) is 0 Å². The lowest BCUT2D eigenvalue weighted by atomic mass is 10.2. The Morgan fingerprint density at radius 3 is 2.38 bits per heavy atom. The van der Waals surface area contributed by atoms with Crippen molar-refractivity contribution in [2.24, 2.45) is 0 Å². The first-order chi connectivity index (χ1) is 5.95. The van der Waals surface area contributed by atoms with Crippen LogP contribution in [0.3, 0.4) is 0 Å². The smallest absolute Gasteiger partial charge is 0.166 e. The fourth-order valence-electron chi connectivity index (χ4n) is 0.773. The molecule has 0 aromatic heterocycles. The van der Waals surface area contributed by atoms with E-state index in [0.717, 1.165) is 6.07 Å². The highest BCUT2D eigenvalue weighted by Crippen LogP contribution is 2.35. The number of alkyl halides is 3. The number of hydrogen-bond acceptors (Lipinski definition) is 1.